The molecule has 0 saturated carbocycles. The van der Waals surface area contributed by atoms with Gasteiger partial charge in [0.1, 0.15) is 5.69 Å². The van der Waals surface area contributed by atoms with Crippen LogP contribution >= 0.6 is 23.2 Å². The molecule has 1 aromatic carbocycles. The van der Waals surface area contributed by atoms with Gasteiger partial charge in [-0.15, -0.1) is 0 Å². The maximum absolute atomic E-state index is 12.9. The molecule has 0 radical (unpaired) electrons. The molecule has 4 rings (SSSR count). The van der Waals surface area contributed by atoms with Crippen molar-refractivity contribution in [1.82, 2.24) is 9.47 Å². The molecule has 6 heteroatoms. The van der Waals surface area contributed by atoms with Gasteiger partial charge in [0.05, 0.1) is 22.1 Å². The van der Waals surface area contributed by atoms with Gasteiger partial charge in [-0.25, -0.2) is 0 Å². The predicted molar refractivity (Wildman–Crippen MR) is 89.1 cm³/mol. The highest BCUT2D eigenvalue weighted by Crippen LogP contribution is 2.40. The lowest BCUT2D eigenvalue weighted by Gasteiger charge is -2.36. The Labute approximate surface area is 143 Å². The number of carbonyl (C=O) groups is 1. The van der Waals surface area contributed by atoms with E-state index in [2.05, 4.69) is 0 Å². The number of halogens is 2. The predicted octanol–water partition coefficient (Wildman–Crippen LogP) is 3.51. The largest absolute Gasteiger partial charge is 0.326 e. The molecule has 0 N–H and O–H groups in total. The van der Waals surface area contributed by atoms with Crippen molar-refractivity contribution in [3.05, 3.63) is 68.1 Å². The van der Waals surface area contributed by atoms with Crippen LogP contribution in [0.15, 0.2) is 41.2 Å². The van der Waals surface area contributed by atoms with Crippen LogP contribution in [0.5, 0.6) is 0 Å². The molecule has 2 aliphatic heterocycles. The van der Waals surface area contributed by atoms with Crippen LogP contribution in [0.25, 0.3) is 0 Å². The Kier molecular flexibility index (Phi) is 3.47. The monoisotopic (exact) mass is 348 g/mol. The summed E-state index contributed by atoms with van der Waals surface area (Å²) in [6.07, 6.45) is 1.73. The Morgan fingerprint density at radius 2 is 1.83 bits per heavy atom. The van der Waals surface area contributed by atoms with Crippen molar-refractivity contribution >= 4 is 29.1 Å². The topological polar surface area (TPSA) is 42.3 Å². The summed E-state index contributed by atoms with van der Waals surface area (Å²) in [5, 5.41) is 1.00. The number of nitrogens with zero attached hydrogens (tertiary/aromatic N) is 2. The molecular weight excluding hydrogens is 335 g/mol. The molecule has 2 aromatic rings. The van der Waals surface area contributed by atoms with E-state index in [9.17, 15) is 9.59 Å². The Balaban J connectivity index is 1.76. The maximum atomic E-state index is 12.9. The first-order valence-electron chi connectivity index (χ1n) is 7.54. The van der Waals surface area contributed by atoms with Gasteiger partial charge in [-0.1, -0.05) is 35.3 Å². The molecule has 2 atom stereocenters. The van der Waals surface area contributed by atoms with Crippen LogP contribution in [-0.4, -0.2) is 21.4 Å². The molecule has 1 amide bonds. The summed E-state index contributed by atoms with van der Waals surface area (Å²) < 4.78 is 1.58. The number of benzene rings is 1. The number of amides is 1. The van der Waals surface area contributed by atoms with E-state index in [0.29, 0.717) is 22.3 Å². The van der Waals surface area contributed by atoms with Crippen molar-refractivity contribution in [3.63, 3.8) is 0 Å². The zero-order chi connectivity index (χ0) is 16.1. The molecule has 1 fully saturated rings. The Morgan fingerprint density at radius 1 is 1.00 bits per heavy atom. The highest BCUT2D eigenvalue weighted by atomic mass is 35.5. The number of hydrogen-bond acceptors (Lipinski definition) is 2. The molecule has 2 unspecified atom stereocenters. The van der Waals surface area contributed by atoms with E-state index >= 15 is 0 Å². The van der Waals surface area contributed by atoms with Crippen LogP contribution in [0.4, 0.5) is 0 Å². The van der Waals surface area contributed by atoms with E-state index in [-0.39, 0.29) is 23.6 Å². The van der Waals surface area contributed by atoms with Gasteiger partial charge >= 0.3 is 0 Å². The summed E-state index contributed by atoms with van der Waals surface area (Å²) in [6.45, 7) is 0.554. The molecule has 1 saturated heterocycles. The Bertz CT molecular complexity index is 862. The summed E-state index contributed by atoms with van der Waals surface area (Å²) >= 11 is 12.1. The summed E-state index contributed by atoms with van der Waals surface area (Å²) in [7, 11) is 0. The highest BCUT2D eigenvalue weighted by Gasteiger charge is 2.42. The molecule has 118 valence electrons. The average Bonchev–Trinajstić information content (AvgIpc) is 2.96. The number of aromatic nitrogens is 1. The third-order valence-corrected chi connectivity index (χ3v) is 5.47. The molecule has 0 bridgehead atoms. The minimum absolute atomic E-state index is 0.0219. The standard InChI is InChI=1S/C17H14Cl2N2O2/c18-12-6-4-10(8-13(12)19)14-7-5-11-9-20-15(17(23)21(11)14)2-1-3-16(20)22/h1-4,6,8,11,14H,5,7,9H2. The van der Waals surface area contributed by atoms with Gasteiger partial charge in [0, 0.05) is 12.6 Å². The summed E-state index contributed by atoms with van der Waals surface area (Å²) in [5.74, 6) is -0.0903. The zero-order valence-corrected chi connectivity index (χ0v) is 13.7. The number of pyridine rings is 1. The van der Waals surface area contributed by atoms with Crippen LogP contribution in [0.3, 0.4) is 0 Å². The summed E-state index contributed by atoms with van der Waals surface area (Å²) in [6, 6.07) is 10.4. The number of fused-ring (bicyclic) bond motifs is 2. The fraction of sp³-hybridized carbons (Fsp3) is 0.294. The van der Waals surface area contributed by atoms with E-state index in [1.165, 1.54) is 6.07 Å². The smallest absolute Gasteiger partial charge is 0.271 e. The molecule has 0 aliphatic carbocycles. The SMILES string of the molecule is O=C1c2cccc(=O)n2CC2CCC(c3ccc(Cl)c(Cl)c3)N12. The third-order valence-electron chi connectivity index (χ3n) is 4.73. The maximum Gasteiger partial charge on any atom is 0.271 e. The zero-order valence-electron chi connectivity index (χ0n) is 12.2. The van der Waals surface area contributed by atoms with Crippen LogP contribution in [0, 0.1) is 0 Å². The van der Waals surface area contributed by atoms with Gasteiger partial charge in [-0.2, -0.15) is 0 Å². The van der Waals surface area contributed by atoms with Crippen molar-refractivity contribution in [3.8, 4) is 0 Å². The minimum atomic E-state index is -0.117. The lowest BCUT2D eigenvalue weighted by molar-refractivity contribution is 0.0583. The Hall–Kier alpha value is -1.78. The summed E-state index contributed by atoms with van der Waals surface area (Å²) in [5.41, 5.74) is 1.33. The number of hydrogen-bond donors (Lipinski definition) is 0. The number of carbonyl (C=O) groups excluding carboxylic acids is 1. The van der Waals surface area contributed by atoms with E-state index in [1.54, 1.807) is 22.8 Å². The van der Waals surface area contributed by atoms with Gasteiger partial charge in [0.2, 0.25) is 0 Å². The lowest BCUT2D eigenvalue weighted by atomic mass is 10.0. The molecule has 1 aromatic heterocycles. The highest BCUT2D eigenvalue weighted by molar-refractivity contribution is 6.42. The minimum Gasteiger partial charge on any atom is -0.326 e. The van der Waals surface area contributed by atoms with Gasteiger partial charge < -0.3 is 9.47 Å². The first-order chi connectivity index (χ1) is 11.1. The van der Waals surface area contributed by atoms with Crippen molar-refractivity contribution in [1.29, 1.82) is 0 Å². The van der Waals surface area contributed by atoms with E-state index < -0.39 is 0 Å². The van der Waals surface area contributed by atoms with Gasteiger partial charge in [-0.05, 0) is 36.6 Å². The van der Waals surface area contributed by atoms with E-state index in [4.69, 9.17) is 23.2 Å². The molecule has 23 heavy (non-hydrogen) atoms. The van der Waals surface area contributed by atoms with Crippen molar-refractivity contribution in [2.24, 2.45) is 0 Å². The van der Waals surface area contributed by atoms with Gasteiger partial charge in [-0.3, -0.25) is 9.59 Å². The second-order valence-electron chi connectivity index (χ2n) is 5.99. The number of rotatable bonds is 1. The van der Waals surface area contributed by atoms with E-state index in [1.807, 2.05) is 17.0 Å². The first kappa shape index (κ1) is 14.8. The second-order valence-corrected chi connectivity index (χ2v) is 6.81. The molecule has 3 heterocycles. The van der Waals surface area contributed by atoms with Crippen LogP contribution in [0.1, 0.15) is 34.9 Å². The van der Waals surface area contributed by atoms with Crippen LogP contribution in [-0.2, 0) is 6.54 Å². The van der Waals surface area contributed by atoms with E-state index in [0.717, 1.165) is 18.4 Å². The second kappa shape index (κ2) is 5.39. The van der Waals surface area contributed by atoms with Crippen molar-refractivity contribution < 1.29 is 4.79 Å². The molecule has 0 spiro atoms. The third kappa shape index (κ3) is 2.28. The molecule has 4 nitrogen and oxygen atoms in total. The molecule has 2 aliphatic rings. The quantitative estimate of drug-likeness (QED) is 0.791. The fourth-order valence-electron chi connectivity index (χ4n) is 3.65. The average molecular weight is 349 g/mol. The fourth-order valence-corrected chi connectivity index (χ4v) is 3.96. The van der Waals surface area contributed by atoms with Crippen LogP contribution in [0.2, 0.25) is 10.0 Å². The molecular formula is C17H14Cl2N2O2. The lowest BCUT2D eigenvalue weighted by Crippen LogP contribution is -2.48. The van der Waals surface area contributed by atoms with Crippen LogP contribution < -0.4 is 5.56 Å². The Morgan fingerprint density at radius 3 is 2.61 bits per heavy atom. The summed E-state index contributed by atoms with van der Waals surface area (Å²) in [4.78, 5) is 26.8. The van der Waals surface area contributed by atoms with Crippen molar-refractivity contribution in [2.75, 3.05) is 0 Å². The van der Waals surface area contributed by atoms with Gasteiger partial charge in [0.25, 0.3) is 11.5 Å². The first-order valence-corrected chi connectivity index (χ1v) is 8.29. The van der Waals surface area contributed by atoms with Crippen molar-refractivity contribution in [2.45, 2.75) is 31.5 Å². The van der Waals surface area contributed by atoms with Gasteiger partial charge in [0.15, 0.2) is 0 Å². The normalized spacial score (nSPS) is 22.9.